The molecule has 3 nitrogen and oxygen atoms in total. The number of aliphatic hydroxyl groups is 1. The summed E-state index contributed by atoms with van der Waals surface area (Å²) in [6.07, 6.45) is 4.87. The Kier molecular flexibility index (Phi) is 5.64. The van der Waals surface area contributed by atoms with E-state index in [0.717, 1.165) is 32.1 Å². The maximum Gasteiger partial charge on any atom is 0.142 e. The highest BCUT2D eigenvalue weighted by Crippen LogP contribution is 2.44. The second-order valence-electron chi connectivity index (χ2n) is 10.3. The number of carbonyl (C=O) groups is 2. The van der Waals surface area contributed by atoms with E-state index >= 15 is 0 Å². The molecule has 0 aromatic heterocycles. The van der Waals surface area contributed by atoms with Crippen LogP contribution in [0.1, 0.15) is 80.1 Å². The van der Waals surface area contributed by atoms with Gasteiger partial charge in [-0.3, -0.25) is 9.59 Å². The fourth-order valence-corrected chi connectivity index (χ4v) is 4.66. The number of Topliss-reactive ketones (excluding diaryl/α,β-unsaturated/α-hetero) is 2. The predicted molar refractivity (Wildman–Crippen MR) is 96.6 cm³/mol. The van der Waals surface area contributed by atoms with E-state index in [1.807, 2.05) is 20.8 Å². The summed E-state index contributed by atoms with van der Waals surface area (Å²) in [6.45, 7) is 12.3. The van der Waals surface area contributed by atoms with Crippen molar-refractivity contribution in [3.8, 4) is 0 Å². The zero-order valence-corrected chi connectivity index (χ0v) is 16.4. The number of carbonyl (C=O) groups excluding carboxylic acids is 2. The van der Waals surface area contributed by atoms with Crippen LogP contribution in [0.4, 0.5) is 0 Å². The molecule has 3 atom stereocenters. The van der Waals surface area contributed by atoms with Crippen molar-refractivity contribution in [3.05, 3.63) is 0 Å². The average Bonchev–Trinajstić information content (AvgIpc) is 2.74. The molecular weight excluding hydrogens is 300 g/mol. The summed E-state index contributed by atoms with van der Waals surface area (Å²) in [5.41, 5.74) is -0.321. The molecule has 3 unspecified atom stereocenters. The van der Waals surface area contributed by atoms with Gasteiger partial charge in [-0.05, 0) is 49.9 Å². The Balaban J connectivity index is 1.90. The molecule has 0 aromatic carbocycles. The standard InChI is InChI=1S/C21H36O3/c1-20(2,3)16-12-17(22)15(18(16)23)11-13-7-9-14(10-8-13)19(24)21(4,5)6/h13-17,22H,7-12H2,1-6H3. The lowest BCUT2D eigenvalue weighted by molar-refractivity contribution is -0.132. The molecule has 2 aliphatic rings. The number of hydrogen-bond acceptors (Lipinski definition) is 3. The van der Waals surface area contributed by atoms with Crippen LogP contribution in [0.2, 0.25) is 0 Å². The minimum atomic E-state index is -0.476. The Hall–Kier alpha value is -0.700. The van der Waals surface area contributed by atoms with E-state index in [4.69, 9.17) is 0 Å². The van der Waals surface area contributed by atoms with Gasteiger partial charge in [0.25, 0.3) is 0 Å². The number of rotatable bonds is 3. The average molecular weight is 337 g/mol. The summed E-state index contributed by atoms with van der Waals surface area (Å²) in [4.78, 5) is 25.2. The van der Waals surface area contributed by atoms with Crippen molar-refractivity contribution >= 4 is 11.6 Å². The second kappa shape index (κ2) is 6.90. The second-order valence-corrected chi connectivity index (χ2v) is 10.3. The van der Waals surface area contributed by atoms with Crippen LogP contribution in [-0.2, 0) is 9.59 Å². The molecular formula is C21H36O3. The molecule has 0 bridgehead atoms. The third kappa shape index (κ3) is 4.28. The molecule has 0 saturated heterocycles. The Bertz CT molecular complexity index is 472. The Labute approximate surface area is 147 Å². The molecule has 0 heterocycles. The van der Waals surface area contributed by atoms with Crippen molar-refractivity contribution in [2.45, 2.75) is 86.2 Å². The largest absolute Gasteiger partial charge is 0.392 e. The normalized spacial score (nSPS) is 35.3. The molecule has 0 radical (unpaired) electrons. The molecule has 2 aliphatic carbocycles. The quantitative estimate of drug-likeness (QED) is 0.830. The summed E-state index contributed by atoms with van der Waals surface area (Å²) < 4.78 is 0. The topological polar surface area (TPSA) is 54.4 Å². The zero-order chi connectivity index (χ0) is 18.3. The van der Waals surface area contributed by atoms with Crippen molar-refractivity contribution in [1.29, 1.82) is 0 Å². The van der Waals surface area contributed by atoms with Gasteiger partial charge in [-0.2, -0.15) is 0 Å². The maximum atomic E-state index is 12.7. The van der Waals surface area contributed by atoms with Crippen LogP contribution in [0, 0.1) is 34.5 Å². The van der Waals surface area contributed by atoms with Gasteiger partial charge >= 0.3 is 0 Å². The van der Waals surface area contributed by atoms with Gasteiger partial charge in [0.05, 0.1) is 6.10 Å². The van der Waals surface area contributed by atoms with E-state index in [1.165, 1.54) is 0 Å². The predicted octanol–water partition coefficient (Wildman–Crippen LogP) is 4.41. The van der Waals surface area contributed by atoms with E-state index < -0.39 is 6.10 Å². The zero-order valence-electron chi connectivity index (χ0n) is 16.4. The van der Waals surface area contributed by atoms with E-state index in [9.17, 15) is 14.7 Å². The van der Waals surface area contributed by atoms with E-state index in [0.29, 0.717) is 18.1 Å². The fourth-order valence-electron chi connectivity index (χ4n) is 4.66. The van der Waals surface area contributed by atoms with Crippen LogP contribution in [0.5, 0.6) is 0 Å². The van der Waals surface area contributed by atoms with Crippen LogP contribution in [0.25, 0.3) is 0 Å². The van der Waals surface area contributed by atoms with Crippen LogP contribution in [0.3, 0.4) is 0 Å². The van der Waals surface area contributed by atoms with Crippen molar-refractivity contribution < 1.29 is 14.7 Å². The molecule has 0 spiro atoms. The minimum Gasteiger partial charge on any atom is -0.392 e. The third-order valence-corrected chi connectivity index (χ3v) is 6.24. The van der Waals surface area contributed by atoms with Crippen LogP contribution in [-0.4, -0.2) is 22.8 Å². The lowest BCUT2D eigenvalue weighted by Gasteiger charge is -2.33. The molecule has 0 aliphatic heterocycles. The van der Waals surface area contributed by atoms with E-state index in [2.05, 4.69) is 20.8 Å². The van der Waals surface area contributed by atoms with Crippen molar-refractivity contribution in [1.82, 2.24) is 0 Å². The lowest BCUT2D eigenvalue weighted by atomic mass is 9.71. The monoisotopic (exact) mass is 336 g/mol. The van der Waals surface area contributed by atoms with Crippen LogP contribution >= 0.6 is 0 Å². The number of hydrogen-bond donors (Lipinski definition) is 1. The molecule has 2 rings (SSSR count). The van der Waals surface area contributed by atoms with E-state index in [-0.39, 0.29) is 34.4 Å². The maximum absolute atomic E-state index is 12.7. The Morgan fingerprint density at radius 1 is 1.04 bits per heavy atom. The van der Waals surface area contributed by atoms with Crippen molar-refractivity contribution in [2.24, 2.45) is 34.5 Å². The van der Waals surface area contributed by atoms with Gasteiger partial charge in [-0.1, -0.05) is 41.5 Å². The smallest absolute Gasteiger partial charge is 0.142 e. The molecule has 2 saturated carbocycles. The molecule has 3 heteroatoms. The Morgan fingerprint density at radius 2 is 1.58 bits per heavy atom. The van der Waals surface area contributed by atoms with Crippen molar-refractivity contribution in [3.63, 3.8) is 0 Å². The van der Waals surface area contributed by atoms with Gasteiger partial charge in [0.2, 0.25) is 0 Å². The SMILES string of the molecule is CC(C)(C)C(=O)C1CCC(CC2C(=O)C(C(C)(C)C)CC2O)CC1. The van der Waals surface area contributed by atoms with Gasteiger partial charge in [-0.25, -0.2) is 0 Å². The van der Waals surface area contributed by atoms with Gasteiger partial charge in [-0.15, -0.1) is 0 Å². The number of ketones is 2. The molecule has 0 amide bonds. The van der Waals surface area contributed by atoms with Gasteiger partial charge in [0.15, 0.2) is 0 Å². The molecule has 1 N–H and O–H groups in total. The fraction of sp³-hybridized carbons (Fsp3) is 0.905. The summed E-state index contributed by atoms with van der Waals surface area (Å²) in [5.74, 6) is 1.11. The van der Waals surface area contributed by atoms with Crippen LogP contribution < -0.4 is 0 Å². The highest BCUT2D eigenvalue weighted by Gasteiger charge is 2.47. The number of aliphatic hydroxyl groups excluding tert-OH is 1. The third-order valence-electron chi connectivity index (χ3n) is 6.24. The van der Waals surface area contributed by atoms with Gasteiger partial charge in [0.1, 0.15) is 11.6 Å². The van der Waals surface area contributed by atoms with E-state index in [1.54, 1.807) is 0 Å². The van der Waals surface area contributed by atoms with Gasteiger partial charge < -0.3 is 5.11 Å². The summed E-state index contributed by atoms with van der Waals surface area (Å²) in [7, 11) is 0. The molecule has 0 aromatic rings. The van der Waals surface area contributed by atoms with Crippen molar-refractivity contribution in [2.75, 3.05) is 0 Å². The highest BCUT2D eigenvalue weighted by atomic mass is 16.3. The minimum absolute atomic E-state index is 0.0173. The summed E-state index contributed by atoms with van der Waals surface area (Å²) in [6, 6.07) is 0. The lowest BCUT2D eigenvalue weighted by Crippen LogP contribution is -2.33. The first-order chi connectivity index (χ1) is 10.9. The van der Waals surface area contributed by atoms with Gasteiger partial charge in [0, 0.05) is 23.2 Å². The first-order valence-electron chi connectivity index (χ1n) is 9.67. The highest BCUT2D eigenvalue weighted by molar-refractivity contribution is 5.87. The summed E-state index contributed by atoms with van der Waals surface area (Å²) >= 11 is 0. The Morgan fingerprint density at radius 3 is 2.00 bits per heavy atom. The molecule has 2 fully saturated rings. The first-order valence-corrected chi connectivity index (χ1v) is 9.67. The molecule has 138 valence electrons. The van der Waals surface area contributed by atoms with Crippen LogP contribution in [0.15, 0.2) is 0 Å². The first kappa shape index (κ1) is 19.6. The summed E-state index contributed by atoms with van der Waals surface area (Å²) in [5, 5.41) is 10.4. The molecule has 24 heavy (non-hydrogen) atoms.